The molecule has 0 bridgehead atoms. The van der Waals surface area contributed by atoms with E-state index in [0.29, 0.717) is 6.42 Å². The molecule has 0 saturated carbocycles. The number of thioether (sulfide) groups is 1. The highest BCUT2D eigenvalue weighted by atomic mass is 32.2. The lowest BCUT2D eigenvalue weighted by molar-refractivity contribution is -0.115. The Hall–Kier alpha value is -2.27. The molecular formula is C17H17N3OS. The van der Waals surface area contributed by atoms with Crippen LogP contribution in [0, 0.1) is 0 Å². The minimum absolute atomic E-state index is 0.0251. The van der Waals surface area contributed by atoms with Gasteiger partial charge in [0.25, 0.3) is 0 Å². The molecule has 0 unspecified atom stereocenters. The highest BCUT2D eigenvalue weighted by Crippen LogP contribution is 2.19. The number of carbonyl (C=O) groups is 1. The first-order valence-electron chi connectivity index (χ1n) is 7.15. The fourth-order valence-corrected chi connectivity index (χ4v) is 3.07. The molecule has 0 spiro atoms. The molecular weight excluding hydrogens is 294 g/mol. The third-order valence-corrected chi connectivity index (χ3v) is 4.27. The molecule has 4 nitrogen and oxygen atoms in total. The summed E-state index contributed by atoms with van der Waals surface area (Å²) in [7, 11) is 0. The van der Waals surface area contributed by atoms with Gasteiger partial charge >= 0.3 is 0 Å². The lowest BCUT2D eigenvalue weighted by Crippen LogP contribution is -2.12. The van der Waals surface area contributed by atoms with Crippen LogP contribution in [0.3, 0.4) is 0 Å². The second kappa shape index (κ2) is 7.13. The number of fused-ring (bicyclic) bond motifs is 1. The molecule has 0 fully saturated rings. The summed E-state index contributed by atoms with van der Waals surface area (Å²) in [6.45, 7) is 0. The van der Waals surface area contributed by atoms with Crippen LogP contribution in [-0.2, 0) is 10.5 Å². The number of nitrogens with one attached hydrogen (secondary N) is 2. The lowest BCUT2D eigenvalue weighted by atomic mass is 10.2. The van der Waals surface area contributed by atoms with Crippen molar-refractivity contribution in [2.75, 3.05) is 11.1 Å². The van der Waals surface area contributed by atoms with Crippen LogP contribution in [0.2, 0.25) is 0 Å². The van der Waals surface area contributed by atoms with Gasteiger partial charge in [-0.2, -0.15) is 11.8 Å². The Morgan fingerprint density at radius 2 is 2.14 bits per heavy atom. The molecule has 0 aliphatic carbocycles. The molecule has 22 heavy (non-hydrogen) atoms. The molecule has 0 aliphatic heterocycles. The van der Waals surface area contributed by atoms with Crippen LogP contribution in [0.1, 0.15) is 12.1 Å². The zero-order valence-corrected chi connectivity index (χ0v) is 12.9. The Morgan fingerprint density at radius 3 is 2.95 bits per heavy atom. The summed E-state index contributed by atoms with van der Waals surface area (Å²) in [5.41, 5.74) is 3.10. The fraction of sp³-hybridized carbons (Fsp3) is 0.176. The summed E-state index contributed by atoms with van der Waals surface area (Å²) >= 11 is 1.75. The molecule has 1 aromatic carbocycles. The second-order valence-electron chi connectivity index (χ2n) is 4.97. The lowest BCUT2D eigenvalue weighted by Gasteiger charge is -2.04. The van der Waals surface area contributed by atoms with E-state index in [1.165, 1.54) is 11.1 Å². The summed E-state index contributed by atoms with van der Waals surface area (Å²) in [6, 6.07) is 14.0. The molecule has 0 saturated heterocycles. The van der Waals surface area contributed by atoms with Gasteiger partial charge in [0.05, 0.1) is 11.9 Å². The standard InChI is InChI=1S/C17H17N3OS/c21-17(20-14-5-3-8-18-11-14)7-9-22-12-15-10-13-4-1-2-6-16(13)19-15/h1-6,8,10-11,19H,7,9,12H2,(H,20,21). The van der Waals surface area contributed by atoms with Crippen LogP contribution in [0.5, 0.6) is 0 Å². The maximum atomic E-state index is 11.8. The highest BCUT2D eigenvalue weighted by molar-refractivity contribution is 7.98. The molecule has 5 heteroatoms. The number of aromatic amines is 1. The number of H-pyrrole nitrogens is 1. The fourth-order valence-electron chi connectivity index (χ4n) is 2.22. The van der Waals surface area contributed by atoms with E-state index < -0.39 is 0 Å². The van der Waals surface area contributed by atoms with Crippen molar-refractivity contribution in [1.29, 1.82) is 0 Å². The monoisotopic (exact) mass is 311 g/mol. The van der Waals surface area contributed by atoms with Gasteiger partial charge in [-0.25, -0.2) is 0 Å². The average Bonchev–Trinajstić information content (AvgIpc) is 2.95. The van der Waals surface area contributed by atoms with Crippen molar-refractivity contribution in [3.63, 3.8) is 0 Å². The molecule has 0 atom stereocenters. The number of pyridine rings is 1. The number of rotatable bonds is 6. The molecule has 1 amide bonds. The number of anilines is 1. The molecule has 0 aliphatic rings. The molecule has 112 valence electrons. The summed E-state index contributed by atoms with van der Waals surface area (Å²) in [4.78, 5) is 19.2. The SMILES string of the molecule is O=C(CCSCc1cc2ccccc2[nH]1)Nc1cccnc1. The van der Waals surface area contributed by atoms with Gasteiger partial charge in [0.2, 0.25) is 5.91 Å². The quantitative estimate of drug-likeness (QED) is 0.680. The van der Waals surface area contributed by atoms with E-state index in [1.54, 1.807) is 30.2 Å². The van der Waals surface area contributed by atoms with E-state index in [4.69, 9.17) is 0 Å². The minimum atomic E-state index is 0.0251. The van der Waals surface area contributed by atoms with E-state index in [0.717, 1.165) is 22.7 Å². The van der Waals surface area contributed by atoms with E-state index >= 15 is 0 Å². The topological polar surface area (TPSA) is 57.8 Å². The van der Waals surface area contributed by atoms with E-state index in [1.807, 2.05) is 18.2 Å². The van der Waals surface area contributed by atoms with Crippen LogP contribution in [0.4, 0.5) is 5.69 Å². The number of aromatic nitrogens is 2. The van der Waals surface area contributed by atoms with Crippen LogP contribution in [0.25, 0.3) is 10.9 Å². The third kappa shape index (κ3) is 3.89. The largest absolute Gasteiger partial charge is 0.358 e. The third-order valence-electron chi connectivity index (χ3n) is 3.26. The van der Waals surface area contributed by atoms with Crippen LogP contribution in [-0.4, -0.2) is 21.6 Å². The Kier molecular flexibility index (Phi) is 4.75. The van der Waals surface area contributed by atoms with Gasteiger partial charge in [-0.3, -0.25) is 9.78 Å². The predicted molar refractivity (Wildman–Crippen MR) is 91.9 cm³/mol. The number of nitrogens with zero attached hydrogens (tertiary/aromatic N) is 1. The summed E-state index contributed by atoms with van der Waals surface area (Å²) in [6.07, 6.45) is 3.83. The molecule has 3 rings (SSSR count). The molecule has 2 N–H and O–H groups in total. The van der Waals surface area contributed by atoms with Crippen molar-refractivity contribution < 1.29 is 4.79 Å². The number of carbonyl (C=O) groups excluding carboxylic acids is 1. The van der Waals surface area contributed by atoms with Crippen molar-refractivity contribution in [2.45, 2.75) is 12.2 Å². The highest BCUT2D eigenvalue weighted by Gasteiger charge is 2.04. The minimum Gasteiger partial charge on any atom is -0.358 e. The van der Waals surface area contributed by atoms with Crippen LogP contribution in [0.15, 0.2) is 54.9 Å². The predicted octanol–water partition coefficient (Wildman–Crippen LogP) is 3.82. The van der Waals surface area contributed by atoms with Crippen molar-refractivity contribution in [3.8, 4) is 0 Å². The molecule has 3 aromatic rings. The first kappa shape index (κ1) is 14.7. The smallest absolute Gasteiger partial charge is 0.225 e. The van der Waals surface area contributed by atoms with Crippen molar-refractivity contribution in [2.24, 2.45) is 0 Å². The van der Waals surface area contributed by atoms with Crippen molar-refractivity contribution >= 4 is 34.3 Å². The zero-order valence-electron chi connectivity index (χ0n) is 12.1. The Bertz CT molecular complexity index is 722. The van der Waals surface area contributed by atoms with Gasteiger partial charge in [0, 0.05) is 35.3 Å². The zero-order chi connectivity index (χ0) is 15.2. The number of para-hydroxylation sites is 1. The Labute approximate surface area is 133 Å². The molecule has 2 aromatic heterocycles. The van der Waals surface area contributed by atoms with E-state index in [9.17, 15) is 4.79 Å². The van der Waals surface area contributed by atoms with Gasteiger partial charge in [-0.05, 0) is 29.7 Å². The average molecular weight is 311 g/mol. The molecule has 0 radical (unpaired) electrons. The summed E-state index contributed by atoms with van der Waals surface area (Å²) < 4.78 is 0. The Balaban J connectivity index is 1.42. The van der Waals surface area contributed by atoms with Gasteiger partial charge in [-0.15, -0.1) is 0 Å². The maximum Gasteiger partial charge on any atom is 0.225 e. The van der Waals surface area contributed by atoms with Crippen LogP contribution >= 0.6 is 11.8 Å². The van der Waals surface area contributed by atoms with E-state index in [2.05, 4.69) is 33.5 Å². The first-order chi connectivity index (χ1) is 10.8. The van der Waals surface area contributed by atoms with Crippen LogP contribution < -0.4 is 5.32 Å². The number of amides is 1. The van der Waals surface area contributed by atoms with Crippen molar-refractivity contribution in [3.05, 3.63) is 60.6 Å². The van der Waals surface area contributed by atoms with Gasteiger partial charge in [-0.1, -0.05) is 18.2 Å². The van der Waals surface area contributed by atoms with Gasteiger partial charge < -0.3 is 10.3 Å². The second-order valence-corrected chi connectivity index (χ2v) is 6.08. The number of hydrogen-bond donors (Lipinski definition) is 2. The number of hydrogen-bond acceptors (Lipinski definition) is 3. The summed E-state index contributed by atoms with van der Waals surface area (Å²) in [5, 5.41) is 4.07. The van der Waals surface area contributed by atoms with Crippen molar-refractivity contribution in [1.82, 2.24) is 9.97 Å². The summed E-state index contributed by atoms with van der Waals surface area (Å²) in [5.74, 6) is 1.70. The normalized spacial score (nSPS) is 10.7. The Morgan fingerprint density at radius 1 is 1.23 bits per heavy atom. The first-order valence-corrected chi connectivity index (χ1v) is 8.31. The van der Waals surface area contributed by atoms with E-state index in [-0.39, 0.29) is 5.91 Å². The van der Waals surface area contributed by atoms with Gasteiger partial charge in [0.1, 0.15) is 0 Å². The van der Waals surface area contributed by atoms with Gasteiger partial charge in [0.15, 0.2) is 0 Å². The molecule has 2 heterocycles. The number of benzene rings is 1. The maximum absolute atomic E-state index is 11.8.